The summed E-state index contributed by atoms with van der Waals surface area (Å²) < 4.78 is 0. The van der Waals surface area contributed by atoms with Crippen molar-refractivity contribution in [1.82, 2.24) is 0 Å². The molecule has 3 saturated carbocycles. The van der Waals surface area contributed by atoms with Gasteiger partial charge in [0.2, 0.25) is 0 Å². The van der Waals surface area contributed by atoms with E-state index in [9.17, 15) is 0 Å². The monoisotopic (exact) mass is 513 g/mol. The Kier molecular flexibility index (Phi) is 24.2. The largest absolute Gasteiger partial charge is 0.106 e. The second-order valence-corrected chi connectivity index (χ2v) is 12.2. The summed E-state index contributed by atoms with van der Waals surface area (Å²) in [5.74, 6) is 3.37. The van der Waals surface area contributed by atoms with Crippen molar-refractivity contribution in [3.8, 4) is 0 Å². The normalized spacial score (nSPS) is 29.3. The fraction of sp³-hybridized carbons (Fsp3) is 0.676. The molecular weight excluding hydrogens is 444 g/mol. The van der Waals surface area contributed by atoms with Gasteiger partial charge in [0.25, 0.3) is 0 Å². The first-order valence-corrected chi connectivity index (χ1v) is 15.1. The Labute approximate surface area is 236 Å². The average Bonchev–Trinajstić information content (AvgIpc) is 3.24. The summed E-state index contributed by atoms with van der Waals surface area (Å²) in [6.45, 7) is 40.4. The van der Waals surface area contributed by atoms with E-state index in [0.717, 1.165) is 23.7 Å². The summed E-state index contributed by atoms with van der Waals surface area (Å²) in [4.78, 5) is 0. The lowest BCUT2D eigenvalue weighted by Gasteiger charge is -2.44. The van der Waals surface area contributed by atoms with E-state index in [4.69, 9.17) is 0 Å². The maximum absolute atomic E-state index is 3.00. The molecule has 3 aliphatic rings. The van der Waals surface area contributed by atoms with E-state index in [0.29, 0.717) is 10.8 Å². The predicted octanol–water partition coefficient (Wildman–Crippen LogP) is 13.0. The maximum atomic E-state index is 3.00. The van der Waals surface area contributed by atoms with Crippen molar-refractivity contribution in [2.24, 2.45) is 34.5 Å². The Morgan fingerprint density at radius 1 is 0.865 bits per heavy atom. The van der Waals surface area contributed by atoms with Gasteiger partial charge in [0.05, 0.1) is 0 Å². The molecule has 0 saturated heterocycles. The van der Waals surface area contributed by atoms with Gasteiger partial charge in [-0.05, 0) is 92.8 Å². The highest BCUT2D eigenvalue weighted by Crippen LogP contribution is 2.59. The lowest BCUT2D eigenvalue weighted by Crippen LogP contribution is -2.35. The minimum Gasteiger partial charge on any atom is -0.106 e. The Morgan fingerprint density at radius 2 is 1.41 bits per heavy atom. The summed E-state index contributed by atoms with van der Waals surface area (Å²) in [5.41, 5.74) is 4.54. The quantitative estimate of drug-likeness (QED) is 0.330. The first-order chi connectivity index (χ1) is 17.5. The van der Waals surface area contributed by atoms with Crippen LogP contribution in [0.3, 0.4) is 0 Å². The highest BCUT2D eigenvalue weighted by atomic mass is 14.5. The topological polar surface area (TPSA) is 0 Å². The molecule has 3 aliphatic carbocycles. The molecule has 0 heterocycles. The van der Waals surface area contributed by atoms with Crippen molar-refractivity contribution in [2.75, 3.05) is 0 Å². The van der Waals surface area contributed by atoms with Gasteiger partial charge in [-0.2, -0.15) is 0 Å². The van der Waals surface area contributed by atoms with E-state index in [1.54, 1.807) is 11.1 Å². The number of hydrogen-bond acceptors (Lipinski definition) is 0. The van der Waals surface area contributed by atoms with Crippen LogP contribution in [0.1, 0.15) is 127 Å². The molecular formula is C37H68. The van der Waals surface area contributed by atoms with Gasteiger partial charge in [-0.1, -0.05) is 104 Å². The second kappa shape index (κ2) is 22.4. The lowest BCUT2D eigenvalue weighted by molar-refractivity contribution is 0.112. The van der Waals surface area contributed by atoms with E-state index in [1.165, 1.54) is 57.8 Å². The second-order valence-electron chi connectivity index (χ2n) is 12.2. The fourth-order valence-corrected chi connectivity index (χ4v) is 6.29. The zero-order chi connectivity index (χ0) is 29.7. The molecule has 3 rings (SSSR count). The molecule has 0 aromatic rings. The van der Waals surface area contributed by atoms with Crippen molar-refractivity contribution >= 4 is 0 Å². The molecule has 0 aliphatic heterocycles. The van der Waals surface area contributed by atoms with Gasteiger partial charge < -0.3 is 0 Å². The summed E-state index contributed by atoms with van der Waals surface area (Å²) in [6.07, 6.45) is 22.4. The third-order valence-corrected chi connectivity index (χ3v) is 7.51. The third kappa shape index (κ3) is 15.4. The van der Waals surface area contributed by atoms with Crippen molar-refractivity contribution in [3.63, 3.8) is 0 Å². The highest BCUT2D eigenvalue weighted by Gasteiger charge is 2.50. The first kappa shape index (κ1) is 39.9. The zero-order valence-corrected chi connectivity index (χ0v) is 27.2. The molecule has 4 unspecified atom stereocenters. The molecule has 0 aromatic heterocycles. The van der Waals surface area contributed by atoms with Crippen LogP contribution in [-0.2, 0) is 0 Å². The summed E-state index contributed by atoms with van der Waals surface area (Å²) >= 11 is 0. The fourth-order valence-electron chi connectivity index (χ4n) is 6.29. The summed E-state index contributed by atoms with van der Waals surface area (Å²) in [5, 5.41) is 0. The van der Waals surface area contributed by atoms with Gasteiger partial charge in [0, 0.05) is 0 Å². The van der Waals surface area contributed by atoms with Gasteiger partial charge in [0.15, 0.2) is 0 Å². The van der Waals surface area contributed by atoms with E-state index >= 15 is 0 Å². The van der Waals surface area contributed by atoms with E-state index < -0.39 is 0 Å². The number of fused-ring (bicyclic) bond motifs is 1. The van der Waals surface area contributed by atoms with E-state index in [1.807, 2.05) is 13.8 Å². The summed E-state index contributed by atoms with van der Waals surface area (Å²) in [7, 11) is 0. The number of allylic oxidation sites excluding steroid dienone is 6. The maximum Gasteiger partial charge on any atom is -0.0143 e. The molecule has 0 radical (unpaired) electrons. The van der Waals surface area contributed by atoms with Crippen molar-refractivity contribution < 1.29 is 0 Å². The van der Waals surface area contributed by atoms with Gasteiger partial charge >= 0.3 is 0 Å². The molecule has 37 heavy (non-hydrogen) atoms. The van der Waals surface area contributed by atoms with E-state index in [-0.39, 0.29) is 0 Å². The van der Waals surface area contributed by atoms with E-state index in [2.05, 4.69) is 119 Å². The van der Waals surface area contributed by atoms with Crippen LogP contribution < -0.4 is 0 Å². The Bertz CT molecular complexity index is 629. The van der Waals surface area contributed by atoms with Crippen LogP contribution in [-0.4, -0.2) is 0 Å². The standard InChI is InChI=1S/C24H38.C5H12.C2H6.3C2H4/c1-5-8-19(3)22-14-15-23-21(11-7-16-24(22,23)4)13-12-20-10-6-9-18(2)17-20;1-5(2,3)4;4*1-2/h5,8,12-13,18-19,22-23H,6-7,9-11,14-17H2,1-4H3;1-4H3;1-2H3;3*1-2H2/b8-5+,20-12-,21-13+;;;;;/t18-,19?,22?,23?,24?;;;;;/m0...../s1. The minimum atomic E-state index is 0.500. The van der Waals surface area contributed by atoms with Crippen LogP contribution >= 0.6 is 0 Å². The van der Waals surface area contributed by atoms with Crippen molar-refractivity contribution in [1.29, 1.82) is 0 Å². The first-order valence-electron chi connectivity index (χ1n) is 15.1. The molecule has 0 amide bonds. The van der Waals surface area contributed by atoms with Crippen LogP contribution in [0.25, 0.3) is 0 Å². The number of rotatable bonds is 3. The Morgan fingerprint density at radius 3 is 1.89 bits per heavy atom. The zero-order valence-electron chi connectivity index (χ0n) is 27.2. The molecule has 0 spiro atoms. The highest BCUT2D eigenvalue weighted by molar-refractivity contribution is 5.26. The van der Waals surface area contributed by atoms with Gasteiger partial charge in [-0.3, -0.25) is 0 Å². The molecule has 3 fully saturated rings. The van der Waals surface area contributed by atoms with Gasteiger partial charge in [0.1, 0.15) is 0 Å². The molecule has 0 aromatic carbocycles. The van der Waals surface area contributed by atoms with Crippen LogP contribution in [0.15, 0.2) is 74.9 Å². The van der Waals surface area contributed by atoms with Crippen molar-refractivity contribution in [3.05, 3.63) is 74.9 Å². The Balaban J connectivity index is -0.000000761. The van der Waals surface area contributed by atoms with Crippen LogP contribution in [0, 0.1) is 34.5 Å². The average molecular weight is 513 g/mol. The molecule has 216 valence electrons. The predicted molar refractivity (Wildman–Crippen MR) is 176 cm³/mol. The molecule has 5 atom stereocenters. The molecule has 0 N–H and O–H groups in total. The van der Waals surface area contributed by atoms with Crippen molar-refractivity contribution in [2.45, 2.75) is 127 Å². The smallest absolute Gasteiger partial charge is 0.0143 e. The third-order valence-electron chi connectivity index (χ3n) is 7.51. The van der Waals surface area contributed by atoms with Crippen LogP contribution in [0.4, 0.5) is 0 Å². The lowest BCUT2D eigenvalue weighted by atomic mass is 9.61. The molecule has 0 bridgehead atoms. The Hall–Kier alpha value is -1.56. The van der Waals surface area contributed by atoms with Crippen LogP contribution in [0.5, 0.6) is 0 Å². The minimum absolute atomic E-state index is 0.500. The van der Waals surface area contributed by atoms with Gasteiger partial charge in [-0.25, -0.2) is 0 Å². The van der Waals surface area contributed by atoms with Gasteiger partial charge in [-0.15, -0.1) is 39.5 Å². The summed E-state index contributed by atoms with van der Waals surface area (Å²) in [6, 6.07) is 0. The molecule has 0 heteroatoms. The number of hydrogen-bond donors (Lipinski definition) is 0. The SMILES string of the molecule is C/C=C/C(C)C1CCC2/C(=C/C=C3/CCC[C@H](C)C3)CCCC21C.C=C.C=C.C=C.CC.CC(C)(C)C. The van der Waals surface area contributed by atoms with Crippen LogP contribution in [0.2, 0.25) is 0 Å². The molecule has 0 nitrogen and oxygen atoms in total.